The van der Waals surface area contributed by atoms with E-state index in [1.807, 2.05) is 0 Å². The van der Waals surface area contributed by atoms with Crippen molar-refractivity contribution in [2.24, 2.45) is 5.14 Å². The maximum Gasteiger partial charge on any atom is 0.255 e. The number of alkyl halides is 2. The molecule has 0 aliphatic rings. The normalized spacial score (nSPS) is 11.8. The van der Waals surface area contributed by atoms with E-state index in [0.29, 0.717) is 4.88 Å². The average molecular weight is 298 g/mol. The molecular formula is C9H12F2N2O3S2. The van der Waals surface area contributed by atoms with E-state index >= 15 is 0 Å². The van der Waals surface area contributed by atoms with Gasteiger partial charge in [0.25, 0.3) is 6.43 Å². The van der Waals surface area contributed by atoms with E-state index in [-0.39, 0.29) is 10.6 Å². The Labute approximate surface area is 107 Å². The van der Waals surface area contributed by atoms with Gasteiger partial charge in [-0.25, -0.2) is 22.3 Å². The highest BCUT2D eigenvalue weighted by atomic mass is 32.2. The molecule has 0 fully saturated rings. The first-order valence-electron chi connectivity index (χ1n) is 4.84. The van der Waals surface area contributed by atoms with Gasteiger partial charge in [0.2, 0.25) is 15.9 Å². The van der Waals surface area contributed by atoms with Crippen molar-refractivity contribution < 1.29 is 22.0 Å². The van der Waals surface area contributed by atoms with E-state index in [0.717, 1.165) is 16.2 Å². The summed E-state index contributed by atoms with van der Waals surface area (Å²) in [6, 6.07) is 2.73. The number of likely N-dealkylation sites (N-methyl/N-ethyl adjacent to an activating group) is 1. The lowest BCUT2D eigenvalue weighted by molar-refractivity contribution is -0.130. The van der Waals surface area contributed by atoms with E-state index < -0.39 is 28.9 Å². The van der Waals surface area contributed by atoms with Crippen molar-refractivity contribution in [3.05, 3.63) is 17.0 Å². The molecule has 0 unspecified atom stereocenters. The van der Waals surface area contributed by atoms with Gasteiger partial charge in [-0.2, -0.15) is 0 Å². The van der Waals surface area contributed by atoms with Crippen molar-refractivity contribution in [3.63, 3.8) is 0 Å². The summed E-state index contributed by atoms with van der Waals surface area (Å²) in [4.78, 5) is 12.9. The van der Waals surface area contributed by atoms with Crippen LogP contribution in [0, 0.1) is 0 Å². The zero-order valence-electron chi connectivity index (χ0n) is 9.47. The van der Waals surface area contributed by atoms with Crippen LogP contribution in [0.15, 0.2) is 16.3 Å². The summed E-state index contributed by atoms with van der Waals surface area (Å²) in [6.45, 7) is -0.647. The first-order chi connectivity index (χ1) is 8.20. The molecule has 0 spiro atoms. The Morgan fingerprint density at radius 2 is 2.11 bits per heavy atom. The average Bonchev–Trinajstić information content (AvgIpc) is 2.64. The molecule has 0 bridgehead atoms. The van der Waals surface area contributed by atoms with Crippen LogP contribution in [0.4, 0.5) is 8.78 Å². The number of primary sulfonamides is 1. The van der Waals surface area contributed by atoms with Gasteiger partial charge in [-0.1, -0.05) is 0 Å². The van der Waals surface area contributed by atoms with Crippen LogP contribution in [-0.4, -0.2) is 39.2 Å². The summed E-state index contributed by atoms with van der Waals surface area (Å²) in [5.41, 5.74) is 0. The minimum Gasteiger partial charge on any atom is -0.340 e. The van der Waals surface area contributed by atoms with Crippen LogP contribution < -0.4 is 5.14 Å². The number of nitrogens with zero attached hydrogens (tertiary/aromatic N) is 1. The van der Waals surface area contributed by atoms with Gasteiger partial charge in [-0.3, -0.25) is 4.79 Å². The summed E-state index contributed by atoms with van der Waals surface area (Å²) < 4.78 is 46.1. The zero-order valence-corrected chi connectivity index (χ0v) is 11.1. The summed E-state index contributed by atoms with van der Waals surface area (Å²) >= 11 is 0.856. The van der Waals surface area contributed by atoms with Crippen LogP contribution in [0.2, 0.25) is 0 Å². The van der Waals surface area contributed by atoms with Gasteiger partial charge in [0.1, 0.15) is 4.21 Å². The number of thiophene rings is 1. The van der Waals surface area contributed by atoms with Crippen LogP contribution >= 0.6 is 11.3 Å². The molecule has 1 aromatic rings. The second-order valence-electron chi connectivity index (χ2n) is 3.61. The number of carbonyl (C=O) groups is 1. The smallest absolute Gasteiger partial charge is 0.255 e. The summed E-state index contributed by atoms with van der Waals surface area (Å²) in [6.07, 6.45) is -2.72. The number of rotatable bonds is 5. The lowest BCUT2D eigenvalue weighted by Gasteiger charge is -2.15. The van der Waals surface area contributed by atoms with Gasteiger partial charge in [0.15, 0.2) is 0 Å². The van der Waals surface area contributed by atoms with Gasteiger partial charge >= 0.3 is 0 Å². The topological polar surface area (TPSA) is 80.5 Å². The minimum atomic E-state index is -3.78. The van der Waals surface area contributed by atoms with Gasteiger partial charge in [0.05, 0.1) is 13.0 Å². The molecule has 0 aliphatic carbocycles. The molecule has 102 valence electrons. The molecule has 2 N–H and O–H groups in total. The predicted molar refractivity (Wildman–Crippen MR) is 63.0 cm³/mol. The van der Waals surface area contributed by atoms with Crippen LogP contribution in [-0.2, 0) is 21.2 Å². The number of hydrogen-bond acceptors (Lipinski definition) is 4. The summed E-state index contributed by atoms with van der Waals surface area (Å²) in [7, 11) is -2.52. The minimum absolute atomic E-state index is 0.0539. The van der Waals surface area contributed by atoms with Crippen molar-refractivity contribution in [1.82, 2.24) is 4.90 Å². The summed E-state index contributed by atoms with van der Waals surface area (Å²) in [5.74, 6) is -0.502. The summed E-state index contributed by atoms with van der Waals surface area (Å²) in [5, 5.41) is 4.91. The Kier molecular flexibility index (Phi) is 4.77. The molecule has 1 rings (SSSR count). The van der Waals surface area contributed by atoms with Crippen molar-refractivity contribution in [1.29, 1.82) is 0 Å². The molecule has 0 atom stereocenters. The second kappa shape index (κ2) is 5.72. The Bertz CT molecular complexity index is 528. The largest absolute Gasteiger partial charge is 0.340 e. The molecule has 18 heavy (non-hydrogen) atoms. The highest BCUT2D eigenvalue weighted by Crippen LogP contribution is 2.21. The Hall–Kier alpha value is -1.06. The highest BCUT2D eigenvalue weighted by Gasteiger charge is 2.17. The number of halogens is 2. The molecule has 0 aliphatic heterocycles. The highest BCUT2D eigenvalue weighted by molar-refractivity contribution is 7.91. The van der Waals surface area contributed by atoms with E-state index in [1.54, 1.807) is 0 Å². The second-order valence-corrected chi connectivity index (χ2v) is 6.56. The number of hydrogen-bond donors (Lipinski definition) is 1. The number of nitrogens with two attached hydrogens (primary N) is 1. The lowest BCUT2D eigenvalue weighted by atomic mass is 10.3. The molecule has 0 radical (unpaired) electrons. The Balaban J connectivity index is 2.68. The van der Waals surface area contributed by atoms with E-state index in [9.17, 15) is 22.0 Å². The Morgan fingerprint density at radius 3 is 2.56 bits per heavy atom. The standard InChI is InChI=1S/C9H12F2N2O3S2/c1-13(5-7(10)11)8(14)4-6-2-3-9(17-6)18(12,15)16/h2-3,7H,4-5H2,1H3,(H2,12,15,16). The van der Waals surface area contributed by atoms with Crippen molar-refractivity contribution in [2.75, 3.05) is 13.6 Å². The molecule has 1 heterocycles. The molecule has 1 aromatic heterocycles. The van der Waals surface area contributed by atoms with Gasteiger partial charge in [-0.15, -0.1) is 11.3 Å². The van der Waals surface area contributed by atoms with Crippen molar-refractivity contribution in [3.8, 4) is 0 Å². The van der Waals surface area contributed by atoms with Crippen molar-refractivity contribution >= 4 is 27.3 Å². The van der Waals surface area contributed by atoms with E-state index in [4.69, 9.17) is 5.14 Å². The van der Waals surface area contributed by atoms with Crippen LogP contribution in [0.1, 0.15) is 4.88 Å². The molecule has 9 heteroatoms. The third-order valence-electron chi connectivity index (χ3n) is 2.08. The van der Waals surface area contributed by atoms with Crippen LogP contribution in [0.5, 0.6) is 0 Å². The third-order valence-corrected chi connectivity index (χ3v) is 4.60. The molecule has 0 saturated carbocycles. The fraction of sp³-hybridized carbons (Fsp3) is 0.444. The molecule has 0 saturated heterocycles. The van der Waals surface area contributed by atoms with Gasteiger partial charge < -0.3 is 4.90 Å². The van der Waals surface area contributed by atoms with Gasteiger partial charge in [0, 0.05) is 11.9 Å². The molecule has 5 nitrogen and oxygen atoms in total. The van der Waals surface area contributed by atoms with Crippen molar-refractivity contribution in [2.45, 2.75) is 17.1 Å². The monoisotopic (exact) mass is 298 g/mol. The maximum atomic E-state index is 12.1. The first kappa shape index (κ1) is 15.0. The van der Waals surface area contributed by atoms with E-state index in [1.165, 1.54) is 19.2 Å². The quantitative estimate of drug-likeness (QED) is 0.867. The Morgan fingerprint density at radius 1 is 1.50 bits per heavy atom. The molecular weight excluding hydrogens is 286 g/mol. The number of sulfonamides is 1. The third kappa shape index (κ3) is 4.31. The van der Waals surface area contributed by atoms with Crippen LogP contribution in [0.25, 0.3) is 0 Å². The number of amides is 1. The predicted octanol–water partition coefficient (Wildman–Crippen LogP) is 0.661. The van der Waals surface area contributed by atoms with Gasteiger partial charge in [-0.05, 0) is 12.1 Å². The van der Waals surface area contributed by atoms with E-state index in [2.05, 4.69) is 0 Å². The zero-order chi connectivity index (χ0) is 13.9. The SMILES string of the molecule is CN(CC(F)F)C(=O)Cc1ccc(S(N)(=O)=O)s1. The fourth-order valence-electron chi connectivity index (χ4n) is 1.20. The molecule has 0 aromatic carbocycles. The number of carbonyl (C=O) groups excluding carboxylic acids is 1. The van der Waals surface area contributed by atoms with Crippen LogP contribution in [0.3, 0.4) is 0 Å². The molecule has 1 amide bonds. The fourth-order valence-corrected chi connectivity index (χ4v) is 2.97. The lowest BCUT2D eigenvalue weighted by Crippen LogP contribution is -2.32. The maximum absolute atomic E-state index is 12.1. The first-order valence-corrected chi connectivity index (χ1v) is 7.20.